The highest BCUT2D eigenvalue weighted by atomic mass is 15.0. The fraction of sp³-hybridized carbons (Fsp3) is 0. The lowest BCUT2D eigenvalue weighted by molar-refractivity contribution is 1.10. The number of hydrogen-bond donors (Lipinski definition) is 0. The molecular weight excluding hydrogens is 162 g/mol. The number of hydrogen-bond acceptors (Lipinski definition) is 2. The summed E-state index contributed by atoms with van der Waals surface area (Å²) >= 11 is 0. The highest BCUT2D eigenvalue weighted by Gasteiger charge is 2.00. The molecule has 62 valence electrons. The van der Waals surface area contributed by atoms with Crippen LogP contribution in [-0.2, 0) is 0 Å². The first-order valence-corrected chi connectivity index (χ1v) is 4.11. The van der Waals surface area contributed by atoms with Crippen LogP contribution in [0.1, 0.15) is 0 Å². The van der Waals surface area contributed by atoms with E-state index in [0.29, 0.717) is 0 Å². The van der Waals surface area contributed by atoms with E-state index in [9.17, 15) is 0 Å². The Balaban J connectivity index is 2.64. The van der Waals surface area contributed by atoms with Crippen LogP contribution < -0.4 is 0 Å². The average Bonchev–Trinajstić information content (AvgIpc) is 2.56. The van der Waals surface area contributed by atoms with Gasteiger partial charge in [0.1, 0.15) is 12.0 Å². The molecular formula is C10H7N3. The molecule has 0 saturated heterocycles. The number of pyridine rings is 1. The van der Waals surface area contributed by atoms with Gasteiger partial charge in [-0.2, -0.15) is 0 Å². The van der Waals surface area contributed by atoms with Crippen molar-refractivity contribution in [1.82, 2.24) is 14.4 Å². The van der Waals surface area contributed by atoms with Gasteiger partial charge in [-0.3, -0.25) is 4.40 Å². The van der Waals surface area contributed by atoms with Crippen molar-refractivity contribution in [2.45, 2.75) is 0 Å². The van der Waals surface area contributed by atoms with Crippen LogP contribution in [0.25, 0.3) is 16.6 Å². The summed E-state index contributed by atoms with van der Waals surface area (Å²) in [5, 5.41) is 1.15. The lowest BCUT2D eigenvalue weighted by Gasteiger charge is -1.92. The van der Waals surface area contributed by atoms with Gasteiger partial charge >= 0.3 is 0 Å². The minimum atomic E-state index is 0.964. The molecule has 0 amide bonds. The molecule has 3 nitrogen and oxygen atoms in total. The van der Waals surface area contributed by atoms with Crippen LogP contribution in [0, 0.1) is 0 Å². The molecule has 0 N–H and O–H groups in total. The number of aromatic nitrogens is 3. The minimum Gasteiger partial charge on any atom is -0.285 e. The molecule has 0 saturated carbocycles. The summed E-state index contributed by atoms with van der Waals surface area (Å²) in [6.45, 7) is 0. The summed E-state index contributed by atoms with van der Waals surface area (Å²) in [5.41, 5.74) is 2.09. The van der Waals surface area contributed by atoms with Gasteiger partial charge in [-0.05, 0) is 24.3 Å². The Labute approximate surface area is 74.7 Å². The molecule has 0 aliphatic carbocycles. The third-order valence-electron chi connectivity index (χ3n) is 2.14. The zero-order valence-corrected chi connectivity index (χ0v) is 6.88. The Bertz CT molecular complexity index is 518. The zero-order valence-electron chi connectivity index (χ0n) is 6.88. The van der Waals surface area contributed by atoms with Gasteiger partial charge in [0.15, 0.2) is 0 Å². The molecule has 0 aliphatic rings. The Morgan fingerprint density at radius 2 is 2.15 bits per heavy atom. The van der Waals surface area contributed by atoms with Crippen LogP contribution in [0.5, 0.6) is 0 Å². The van der Waals surface area contributed by atoms with Gasteiger partial charge in [0.25, 0.3) is 0 Å². The van der Waals surface area contributed by atoms with Gasteiger partial charge in [-0.25, -0.2) is 9.97 Å². The summed E-state index contributed by atoms with van der Waals surface area (Å²) in [7, 11) is 0. The van der Waals surface area contributed by atoms with Crippen molar-refractivity contribution in [2.75, 3.05) is 0 Å². The summed E-state index contributed by atoms with van der Waals surface area (Å²) < 4.78 is 1.98. The molecule has 3 aromatic heterocycles. The van der Waals surface area contributed by atoms with E-state index in [4.69, 9.17) is 0 Å². The molecule has 0 unspecified atom stereocenters. The molecule has 3 aromatic rings. The largest absolute Gasteiger partial charge is 0.285 e. The SMILES string of the molecule is c1cnc2c(c1)cc1ccncn12. The van der Waals surface area contributed by atoms with Gasteiger partial charge in [-0.1, -0.05) is 0 Å². The Kier molecular flexibility index (Phi) is 1.16. The molecule has 0 aromatic carbocycles. The first-order chi connectivity index (χ1) is 6.45. The quantitative estimate of drug-likeness (QED) is 0.514. The van der Waals surface area contributed by atoms with E-state index in [1.54, 1.807) is 18.7 Å². The maximum Gasteiger partial charge on any atom is 0.145 e. The van der Waals surface area contributed by atoms with E-state index >= 15 is 0 Å². The van der Waals surface area contributed by atoms with E-state index in [0.717, 1.165) is 16.6 Å². The number of rotatable bonds is 0. The first-order valence-electron chi connectivity index (χ1n) is 4.11. The standard InChI is InChI=1S/C10H7N3/c1-2-8-6-9-3-5-11-7-13(9)10(8)12-4-1/h1-7H. The van der Waals surface area contributed by atoms with Crippen LogP contribution in [0.15, 0.2) is 43.0 Å². The van der Waals surface area contributed by atoms with Crippen molar-refractivity contribution >= 4 is 16.6 Å². The molecule has 3 rings (SSSR count). The predicted molar refractivity (Wildman–Crippen MR) is 50.5 cm³/mol. The van der Waals surface area contributed by atoms with Crippen molar-refractivity contribution in [1.29, 1.82) is 0 Å². The lowest BCUT2D eigenvalue weighted by atomic mass is 10.3. The van der Waals surface area contributed by atoms with E-state index in [1.807, 2.05) is 16.5 Å². The van der Waals surface area contributed by atoms with Crippen molar-refractivity contribution in [3.05, 3.63) is 43.0 Å². The minimum absolute atomic E-state index is 0.964. The fourth-order valence-electron chi connectivity index (χ4n) is 1.55. The third-order valence-corrected chi connectivity index (χ3v) is 2.14. The van der Waals surface area contributed by atoms with Gasteiger partial charge in [0.2, 0.25) is 0 Å². The average molecular weight is 169 g/mol. The Morgan fingerprint density at radius 3 is 3.15 bits per heavy atom. The maximum absolute atomic E-state index is 4.29. The van der Waals surface area contributed by atoms with Gasteiger partial charge in [0, 0.05) is 17.8 Å². The van der Waals surface area contributed by atoms with Gasteiger partial charge < -0.3 is 0 Å². The highest BCUT2D eigenvalue weighted by Crippen LogP contribution is 2.16. The van der Waals surface area contributed by atoms with Gasteiger partial charge in [0.05, 0.1) is 5.52 Å². The van der Waals surface area contributed by atoms with Crippen LogP contribution in [0.3, 0.4) is 0 Å². The van der Waals surface area contributed by atoms with Crippen LogP contribution >= 0.6 is 0 Å². The van der Waals surface area contributed by atoms with Crippen LogP contribution in [0.2, 0.25) is 0 Å². The molecule has 3 heteroatoms. The lowest BCUT2D eigenvalue weighted by Crippen LogP contribution is -1.85. The van der Waals surface area contributed by atoms with Crippen molar-refractivity contribution in [3.63, 3.8) is 0 Å². The third kappa shape index (κ3) is 0.839. The molecule has 0 aliphatic heterocycles. The number of nitrogens with zero attached hydrogens (tertiary/aromatic N) is 3. The van der Waals surface area contributed by atoms with E-state index in [-0.39, 0.29) is 0 Å². The highest BCUT2D eigenvalue weighted by molar-refractivity contribution is 5.83. The molecule has 3 heterocycles. The summed E-state index contributed by atoms with van der Waals surface area (Å²) in [5.74, 6) is 0. The number of fused-ring (bicyclic) bond motifs is 3. The van der Waals surface area contributed by atoms with E-state index in [2.05, 4.69) is 22.1 Å². The summed E-state index contributed by atoms with van der Waals surface area (Å²) in [6.07, 6.45) is 5.36. The summed E-state index contributed by atoms with van der Waals surface area (Å²) in [6, 6.07) is 8.07. The fourth-order valence-corrected chi connectivity index (χ4v) is 1.55. The molecule has 13 heavy (non-hydrogen) atoms. The first kappa shape index (κ1) is 6.60. The van der Waals surface area contributed by atoms with E-state index in [1.165, 1.54) is 0 Å². The Hall–Kier alpha value is -1.90. The predicted octanol–water partition coefficient (Wildman–Crippen LogP) is 1.88. The van der Waals surface area contributed by atoms with Gasteiger partial charge in [-0.15, -0.1) is 0 Å². The summed E-state index contributed by atoms with van der Waals surface area (Å²) in [4.78, 5) is 8.35. The molecule has 0 fully saturated rings. The molecule has 0 bridgehead atoms. The smallest absolute Gasteiger partial charge is 0.145 e. The van der Waals surface area contributed by atoms with Crippen LogP contribution in [0.4, 0.5) is 0 Å². The van der Waals surface area contributed by atoms with Crippen molar-refractivity contribution < 1.29 is 0 Å². The zero-order chi connectivity index (χ0) is 8.67. The second kappa shape index (κ2) is 2.29. The normalized spacial score (nSPS) is 11.1. The topological polar surface area (TPSA) is 30.2 Å². The second-order valence-electron chi connectivity index (χ2n) is 2.94. The van der Waals surface area contributed by atoms with Crippen LogP contribution in [-0.4, -0.2) is 14.4 Å². The van der Waals surface area contributed by atoms with E-state index < -0.39 is 0 Å². The molecule has 0 radical (unpaired) electrons. The molecule has 0 atom stereocenters. The second-order valence-corrected chi connectivity index (χ2v) is 2.94. The van der Waals surface area contributed by atoms with Crippen molar-refractivity contribution in [2.24, 2.45) is 0 Å². The molecule has 0 spiro atoms. The van der Waals surface area contributed by atoms with Crippen molar-refractivity contribution in [3.8, 4) is 0 Å². The maximum atomic E-state index is 4.29. The monoisotopic (exact) mass is 169 g/mol. The Morgan fingerprint density at radius 1 is 1.15 bits per heavy atom.